The monoisotopic (exact) mass is 440 g/mol. The van der Waals surface area contributed by atoms with Crippen LogP contribution in [0.1, 0.15) is 18.4 Å². The molecule has 0 atom stereocenters. The molecular weight excluding hydrogens is 421 g/mol. The Bertz CT molecular complexity index is 1060. The number of H-pyrrole nitrogens is 1. The summed E-state index contributed by atoms with van der Waals surface area (Å²) in [6, 6.07) is 6.41. The van der Waals surface area contributed by atoms with E-state index in [4.69, 9.17) is 0 Å². The fourth-order valence-corrected chi connectivity index (χ4v) is 3.27. The van der Waals surface area contributed by atoms with Crippen molar-refractivity contribution in [2.24, 2.45) is 0 Å². The van der Waals surface area contributed by atoms with E-state index in [0.717, 1.165) is 38.1 Å². The second kappa shape index (κ2) is 8.88. The van der Waals surface area contributed by atoms with Crippen LogP contribution in [0.15, 0.2) is 41.3 Å². The number of hydrogen-bond acceptors (Lipinski definition) is 6. The maximum Gasteiger partial charge on any atom is 0.416 e. The third-order valence-electron chi connectivity index (χ3n) is 4.77. The number of pyridine rings is 1. The van der Waals surface area contributed by atoms with Gasteiger partial charge in [-0.1, -0.05) is 0 Å². The number of fused-ring (bicyclic) bond motifs is 1. The molecule has 4 rings (SSSR count). The van der Waals surface area contributed by atoms with Gasteiger partial charge in [-0.25, -0.2) is 4.98 Å². The van der Waals surface area contributed by atoms with Crippen molar-refractivity contribution < 1.29 is 13.2 Å². The molecule has 1 fully saturated rings. The van der Waals surface area contributed by atoms with Crippen LogP contribution in [-0.4, -0.2) is 34.1 Å². The Balaban J connectivity index is 0.00000256. The Labute approximate surface area is 175 Å². The van der Waals surface area contributed by atoms with Gasteiger partial charge in [0.1, 0.15) is 11.2 Å². The average molecular weight is 441 g/mol. The van der Waals surface area contributed by atoms with Gasteiger partial charge in [0.25, 0.3) is 5.56 Å². The molecule has 1 aliphatic heterocycles. The van der Waals surface area contributed by atoms with E-state index < -0.39 is 11.7 Å². The van der Waals surface area contributed by atoms with Crippen LogP contribution < -0.4 is 21.5 Å². The van der Waals surface area contributed by atoms with Crippen molar-refractivity contribution in [1.82, 2.24) is 20.3 Å². The Kier molecular flexibility index (Phi) is 6.47. The topological polar surface area (TPSA) is 94.7 Å². The van der Waals surface area contributed by atoms with E-state index in [-0.39, 0.29) is 35.2 Å². The molecule has 0 saturated carbocycles. The second-order valence-electron chi connectivity index (χ2n) is 6.83. The molecule has 30 heavy (non-hydrogen) atoms. The van der Waals surface area contributed by atoms with E-state index >= 15 is 0 Å². The Hall–Kier alpha value is -2.85. The molecule has 1 aliphatic rings. The average Bonchev–Trinajstić information content (AvgIpc) is 2.68. The van der Waals surface area contributed by atoms with Crippen molar-refractivity contribution >= 4 is 40.8 Å². The van der Waals surface area contributed by atoms with E-state index in [1.54, 1.807) is 6.07 Å². The van der Waals surface area contributed by atoms with E-state index in [2.05, 4.69) is 30.9 Å². The van der Waals surface area contributed by atoms with Gasteiger partial charge in [-0.15, -0.1) is 12.4 Å². The molecule has 160 valence electrons. The van der Waals surface area contributed by atoms with E-state index in [1.807, 2.05) is 0 Å². The van der Waals surface area contributed by atoms with Crippen molar-refractivity contribution in [2.45, 2.75) is 25.1 Å². The first-order valence-electron chi connectivity index (χ1n) is 9.21. The number of nitrogens with zero attached hydrogens (tertiary/aromatic N) is 2. The number of nitrogens with one attached hydrogen (secondary N) is 4. The maximum atomic E-state index is 12.8. The zero-order chi connectivity index (χ0) is 20.4. The van der Waals surface area contributed by atoms with Gasteiger partial charge in [0.05, 0.1) is 11.1 Å². The molecule has 0 aliphatic carbocycles. The fourth-order valence-electron chi connectivity index (χ4n) is 3.27. The largest absolute Gasteiger partial charge is 0.416 e. The van der Waals surface area contributed by atoms with Crippen molar-refractivity contribution in [3.05, 3.63) is 52.4 Å². The molecule has 0 bridgehead atoms. The molecule has 3 heterocycles. The number of piperidine rings is 1. The lowest BCUT2D eigenvalue weighted by Gasteiger charge is -2.24. The normalized spacial score (nSPS) is 14.9. The van der Waals surface area contributed by atoms with Crippen LogP contribution >= 0.6 is 12.4 Å². The first kappa shape index (κ1) is 21.8. The summed E-state index contributed by atoms with van der Waals surface area (Å²) in [5.74, 6) is 0.595. The zero-order valence-electron chi connectivity index (χ0n) is 15.7. The minimum Gasteiger partial charge on any atom is -0.351 e. The first-order valence-corrected chi connectivity index (χ1v) is 9.21. The van der Waals surface area contributed by atoms with Crippen molar-refractivity contribution in [1.29, 1.82) is 0 Å². The summed E-state index contributed by atoms with van der Waals surface area (Å²) in [4.78, 5) is 23.8. The van der Waals surface area contributed by atoms with Gasteiger partial charge in [-0.05, 0) is 56.3 Å². The number of anilines is 3. The molecule has 3 aromatic rings. The third-order valence-corrected chi connectivity index (χ3v) is 4.77. The number of aromatic amines is 1. The number of aromatic nitrogens is 3. The van der Waals surface area contributed by atoms with Gasteiger partial charge < -0.3 is 20.9 Å². The number of rotatable bonds is 4. The Morgan fingerprint density at radius 1 is 1.03 bits per heavy atom. The predicted molar refractivity (Wildman–Crippen MR) is 112 cm³/mol. The number of alkyl halides is 3. The molecule has 4 N–H and O–H groups in total. The minimum absolute atomic E-state index is 0. The van der Waals surface area contributed by atoms with Crippen LogP contribution in [0.25, 0.3) is 10.9 Å². The van der Waals surface area contributed by atoms with Gasteiger partial charge in [0.2, 0.25) is 5.95 Å². The smallest absolute Gasteiger partial charge is 0.351 e. The van der Waals surface area contributed by atoms with Crippen LogP contribution in [0.5, 0.6) is 0 Å². The fraction of sp³-hybridized carbons (Fsp3) is 0.316. The molecule has 7 nitrogen and oxygen atoms in total. The predicted octanol–water partition coefficient (Wildman–Crippen LogP) is 3.67. The third kappa shape index (κ3) is 4.82. The molecular formula is C19H20ClF3N6O. The number of halogens is 4. The van der Waals surface area contributed by atoms with Crippen molar-refractivity contribution in [3.8, 4) is 0 Å². The highest BCUT2D eigenvalue weighted by atomic mass is 35.5. The van der Waals surface area contributed by atoms with Gasteiger partial charge >= 0.3 is 6.18 Å². The summed E-state index contributed by atoms with van der Waals surface area (Å²) in [5.41, 5.74) is -0.310. The summed E-state index contributed by atoms with van der Waals surface area (Å²) >= 11 is 0. The highest BCUT2D eigenvalue weighted by Crippen LogP contribution is 2.31. The van der Waals surface area contributed by atoms with Crippen LogP contribution in [0.4, 0.5) is 30.6 Å². The summed E-state index contributed by atoms with van der Waals surface area (Å²) in [5, 5.41) is 9.75. The van der Waals surface area contributed by atoms with Crippen LogP contribution in [0.3, 0.4) is 0 Å². The van der Waals surface area contributed by atoms with Crippen LogP contribution in [-0.2, 0) is 6.18 Å². The minimum atomic E-state index is -4.41. The van der Waals surface area contributed by atoms with Crippen LogP contribution in [0.2, 0.25) is 0 Å². The molecule has 0 unspecified atom stereocenters. The molecule has 11 heteroatoms. The molecule has 0 amide bonds. The highest BCUT2D eigenvalue weighted by molar-refractivity contribution is 5.90. The maximum absolute atomic E-state index is 12.8. The summed E-state index contributed by atoms with van der Waals surface area (Å²) in [6.07, 6.45) is -1.09. The molecule has 2 aromatic heterocycles. The lowest BCUT2D eigenvalue weighted by molar-refractivity contribution is -0.137. The van der Waals surface area contributed by atoms with Gasteiger partial charge in [-0.2, -0.15) is 18.2 Å². The number of hydrogen-bond donors (Lipinski definition) is 4. The lowest BCUT2D eigenvalue weighted by Crippen LogP contribution is -2.35. The molecule has 1 saturated heterocycles. The van der Waals surface area contributed by atoms with Gasteiger partial charge in [0, 0.05) is 17.9 Å². The van der Waals surface area contributed by atoms with E-state index in [9.17, 15) is 18.0 Å². The number of benzene rings is 1. The van der Waals surface area contributed by atoms with E-state index in [1.165, 1.54) is 18.3 Å². The van der Waals surface area contributed by atoms with E-state index in [0.29, 0.717) is 17.2 Å². The summed E-state index contributed by atoms with van der Waals surface area (Å²) in [6.45, 7) is 1.78. The van der Waals surface area contributed by atoms with Gasteiger partial charge in [-0.3, -0.25) is 4.79 Å². The lowest BCUT2D eigenvalue weighted by atomic mass is 10.1. The highest BCUT2D eigenvalue weighted by Gasteiger charge is 2.30. The quantitative estimate of drug-likeness (QED) is 0.494. The summed E-state index contributed by atoms with van der Waals surface area (Å²) in [7, 11) is 0. The first-order chi connectivity index (χ1) is 13.9. The molecule has 0 spiro atoms. The standard InChI is InChI=1S/C19H19F3N6O.ClH/c20-19(21,22)11-1-3-12(4-2-11)25-16-15-14(7-10-24-17(15)29)27-18(28-16)26-13-5-8-23-9-6-13;/h1-4,7,10,13,23H,5-6,8-9H2,(H,24,29)(H2,25,26,27,28);1H. The molecule has 0 radical (unpaired) electrons. The zero-order valence-corrected chi connectivity index (χ0v) is 16.5. The van der Waals surface area contributed by atoms with Crippen molar-refractivity contribution in [3.63, 3.8) is 0 Å². The Morgan fingerprint density at radius 3 is 2.40 bits per heavy atom. The summed E-state index contributed by atoms with van der Waals surface area (Å²) < 4.78 is 38.4. The van der Waals surface area contributed by atoms with Crippen LogP contribution in [0, 0.1) is 0 Å². The Morgan fingerprint density at radius 2 is 1.73 bits per heavy atom. The second-order valence-corrected chi connectivity index (χ2v) is 6.83. The SMILES string of the molecule is Cl.O=c1[nH]ccc2nc(NC3CCNCC3)nc(Nc3ccc(C(F)(F)F)cc3)c12. The molecule has 1 aromatic carbocycles. The van der Waals surface area contributed by atoms with Crippen molar-refractivity contribution in [2.75, 3.05) is 23.7 Å². The van der Waals surface area contributed by atoms with Gasteiger partial charge in [0.15, 0.2) is 0 Å².